The fourth-order valence-corrected chi connectivity index (χ4v) is 2.97. The molecule has 1 amide bonds. The number of halogens is 2. The highest BCUT2D eigenvalue weighted by Gasteiger charge is 2.49. The van der Waals surface area contributed by atoms with Gasteiger partial charge >= 0.3 is 0 Å². The molecule has 0 unspecified atom stereocenters. The lowest BCUT2D eigenvalue weighted by Gasteiger charge is -2.21. The SMILES string of the molecule is O=C(C[C@@]1(O)C(=O)Nc2c(Cl)ccc(Cl)c21)c1ccncc1. The molecule has 0 saturated carbocycles. The summed E-state index contributed by atoms with van der Waals surface area (Å²) < 4.78 is 0. The van der Waals surface area contributed by atoms with Gasteiger partial charge in [-0.3, -0.25) is 14.6 Å². The largest absolute Gasteiger partial charge is 0.375 e. The second-order valence-electron chi connectivity index (χ2n) is 4.93. The molecule has 1 aliphatic heterocycles. The molecule has 22 heavy (non-hydrogen) atoms. The van der Waals surface area contributed by atoms with Crippen molar-refractivity contribution in [3.8, 4) is 0 Å². The molecule has 2 N–H and O–H groups in total. The third-order valence-electron chi connectivity index (χ3n) is 3.55. The summed E-state index contributed by atoms with van der Waals surface area (Å²) >= 11 is 12.1. The van der Waals surface area contributed by atoms with Gasteiger partial charge in [-0.15, -0.1) is 0 Å². The lowest BCUT2D eigenvalue weighted by atomic mass is 9.88. The van der Waals surface area contributed by atoms with Gasteiger partial charge in [-0.2, -0.15) is 0 Å². The fraction of sp³-hybridized carbons (Fsp3) is 0.133. The smallest absolute Gasteiger partial charge is 0.261 e. The summed E-state index contributed by atoms with van der Waals surface area (Å²) in [6, 6.07) is 6.02. The number of nitrogens with zero attached hydrogens (tertiary/aromatic N) is 1. The van der Waals surface area contributed by atoms with Crippen molar-refractivity contribution >= 4 is 40.6 Å². The van der Waals surface area contributed by atoms with E-state index in [1.807, 2.05) is 0 Å². The number of anilines is 1. The Hall–Kier alpha value is -1.95. The Morgan fingerprint density at radius 3 is 2.50 bits per heavy atom. The normalized spacial score (nSPS) is 19.7. The Morgan fingerprint density at radius 2 is 1.82 bits per heavy atom. The van der Waals surface area contributed by atoms with Crippen LogP contribution in [0.25, 0.3) is 0 Å². The van der Waals surface area contributed by atoms with Crippen molar-refractivity contribution in [2.75, 3.05) is 5.32 Å². The van der Waals surface area contributed by atoms with Crippen LogP contribution in [0.3, 0.4) is 0 Å². The van der Waals surface area contributed by atoms with Crippen molar-refractivity contribution in [1.82, 2.24) is 4.98 Å². The number of carbonyl (C=O) groups is 2. The second kappa shape index (κ2) is 5.35. The van der Waals surface area contributed by atoms with E-state index < -0.39 is 23.7 Å². The van der Waals surface area contributed by atoms with Crippen molar-refractivity contribution in [3.63, 3.8) is 0 Å². The number of aliphatic hydroxyl groups is 1. The molecule has 1 aliphatic rings. The van der Waals surface area contributed by atoms with Gasteiger partial charge in [-0.05, 0) is 24.3 Å². The van der Waals surface area contributed by atoms with Crippen LogP contribution in [0.1, 0.15) is 22.3 Å². The summed E-state index contributed by atoms with van der Waals surface area (Å²) in [6.07, 6.45) is 2.49. The molecule has 3 rings (SSSR count). The first-order valence-electron chi connectivity index (χ1n) is 6.39. The lowest BCUT2D eigenvalue weighted by molar-refractivity contribution is -0.133. The Labute approximate surface area is 135 Å². The number of hydrogen-bond donors (Lipinski definition) is 2. The minimum atomic E-state index is -2.04. The zero-order valence-electron chi connectivity index (χ0n) is 11.1. The van der Waals surface area contributed by atoms with Gasteiger partial charge in [-0.1, -0.05) is 23.2 Å². The molecule has 5 nitrogen and oxygen atoms in total. The molecule has 0 spiro atoms. The first-order chi connectivity index (χ1) is 10.4. The number of Topliss-reactive ketones (excluding diaryl/α,β-unsaturated/α-hetero) is 1. The van der Waals surface area contributed by atoms with E-state index in [1.54, 1.807) is 0 Å². The quantitative estimate of drug-likeness (QED) is 0.844. The van der Waals surface area contributed by atoms with Crippen LogP contribution >= 0.6 is 23.2 Å². The van der Waals surface area contributed by atoms with E-state index in [-0.39, 0.29) is 21.3 Å². The average molecular weight is 337 g/mol. The minimum Gasteiger partial charge on any atom is -0.375 e. The van der Waals surface area contributed by atoms with Gasteiger partial charge in [-0.25, -0.2) is 0 Å². The number of amides is 1. The zero-order valence-corrected chi connectivity index (χ0v) is 12.6. The fourth-order valence-electron chi connectivity index (χ4n) is 2.45. The summed E-state index contributed by atoms with van der Waals surface area (Å²) in [7, 11) is 0. The number of fused-ring (bicyclic) bond motifs is 1. The summed E-state index contributed by atoms with van der Waals surface area (Å²) in [6.45, 7) is 0. The molecule has 0 fully saturated rings. The van der Waals surface area contributed by atoms with Gasteiger partial charge in [0.2, 0.25) is 0 Å². The van der Waals surface area contributed by atoms with Gasteiger partial charge in [0.05, 0.1) is 17.1 Å². The molecule has 1 aromatic heterocycles. The van der Waals surface area contributed by atoms with Crippen molar-refractivity contribution in [3.05, 3.63) is 57.8 Å². The number of hydrogen-bond acceptors (Lipinski definition) is 4. The molecule has 7 heteroatoms. The van der Waals surface area contributed by atoms with Gasteiger partial charge in [0.15, 0.2) is 11.4 Å². The van der Waals surface area contributed by atoms with Gasteiger partial charge in [0.1, 0.15) is 0 Å². The maximum atomic E-state index is 12.3. The molecular weight excluding hydrogens is 327 g/mol. The number of ketones is 1. The van der Waals surface area contributed by atoms with Crippen LogP contribution in [0, 0.1) is 0 Å². The maximum absolute atomic E-state index is 12.3. The summed E-state index contributed by atoms with van der Waals surface area (Å²) in [5.74, 6) is -1.12. The van der Waals surface area contributed by atoms with Crippen LogP contribution < -0.4 is 5.32 Å². The number of nitrogens with one attached hydrogen (secondary N) is 1. The molecule has 0 bridgehead atoms. The van der Waals surface area contributed by atoms with E-state index in [0.717, 1.165) is 0 Å². The first kappa shape index (κ1) is 15.0. The lowest BCUT2D eigenvalue weighted by Crippen LogP contribution is -2.36. The molecule has 0 aliphatic carbocycles. The van der Waals surface area contributed by atoms with E-state index in [2.05, 4.69) is 10.3 Å². The third kappa shape index (κ3) is 2.27. The number of aromatic nitrogens is 1. The van der Waals surface area contributed by atoms with Gasteiger partial charge < -0.3 is 10.4 Å². The van der Waals surface area contributed by atoms with Crippen LogP contribution in [-0.4, -0.2) is 21.8 Å². The Kier molecular flexibility index (Phi) is 3.64. The molecule has 0 radical (unpaired) electrons. The molecular formula is C15H10Cl2N2O3. The van der Waals surface area contributed by atoms with Crippen molar-refractivity contribution in [2.24, 2.45) is 0 Å². The van der Waals surface area contributed by atoms with E-state index in [9.17, 15) is 14.7 Å². The Morgan fingerprint density at radius 1 is 1.18 bits per heavy atom. The monoisotopic (exact) mass is 336 g/mol. The molecule has 1 atom stereocenters. The van der Waals surface area contributed by atoms with E-state index in [4.69, 9.17) is 23.2 Å². The van der Waals surface area contributed by atoms with Crippen LogP contribution in [0.4, 0.5) is 5.69 Å². The molecule has 112 valence electrons. The first-order valence-corrected chi connectivity index (χ1v) is 7.14. The summed E-state index contributed by atoms with van der Waals surface area (Å²) in [5.41, 5.74) is -1.32. The highest BCUT2D eigenvalue weighted by atomic mass is 35.5. The Bertz CT molecular complexity index is 780. The van der Waals surface area contributed by atoms with E-state index >= 15 is 0 Å². The van der Waals surface area contributed by atoms with Crippen molar-refractivity contribution < 1.29 is 14.7 Å². The van der Waals surface area contributed by atoms with Gasteiger partial charge in [0.25, 0.3) is 5.91 Å². The molecule has 2 heterocycles. The van der Waals surface area contributed by atoms with Crippen LogP contribution in [-0.2, 0) is 10.4 Å². The Balaban J connectivity index is 2.03. The van der Waals surface area contributed by atoms with Gasteiger partial charge in [0, 0.05) is 28.5 Å². The predicted molar refractivity (Wildman–Crippen MR) is 82.2 cm³/mol. The highest BCUT2D eigenvalue weighted by Crippen LogP contribution is 2.46. The summed E-state index contributed by atoms with van der Waals surface area (Å²) in [5, 5.41) is 13.7. The minimum absolute atomic E-state index is 0.133. The van der Waals surface area contributed by atoms with Crippen LogP contribution in [0.5, 0.6) is 0 Å². The number of rotatable bonds is 3. The maximum Gasteiger partial charge on any atom is 0.261 e. The van der Waals surface area contributed by atoms with Crippen LogP contribution in [0.15, 0.2) is 36.7 Å². The predicted octanol–water partition coefficient (Wildman–Crippen LogP) is 2.80. The zero-order chi connectivity index (χ0) is 15.9. The van der Waals surface area contributed by atoms with Crippen molar-refractivity contribution in [1.29, 1.82) is 0 Å². The average Bonchev–Trinajstić information content (AvgIpc) is 2.77. The second-order valence-corrected chi connectivity index (χ2v) is 5.74. The number of benzene rings is 1. The van der Waals surface area contributed by atoms with E-state index in [0.29, 0.717) is 5.56 Å². The van der Waals surface area contributed by atoms with Crippen molar-refractivity contribution in [2.45, 2.75) is 12.0 Å². The number of carbonyl (C=O) groups excluding carboxylic acids is 2. The topological polar surface area (TPSA) is 79.3 Å². The van der Waals surface area contributed by atoms with Crippen LogP contribution in [0.2, 0.25) is 10.0 Å². The molecule has 1 aromatic carbocycles. The molecule has 2 aromatic rings. The number of pyridine rings is 1. The standard InChI is InChI=1S/C15H10Cl2N2O3/c16-9-1-2-10(17)13-12(9)15(22,14(21)19-13)7-11(20)8-3-5-18-6-4-8/h1-6,22H,7H2,(H,19,21)/t15-/m0/s1. The summed E-state index contributed by atoms with van der Waals surface area (Å²) in [4.78, 5) is 28.3. The van der Waals surface area contributed by atoms with E-state index in [1.165, 1.54) is 36.7 Å². The highest BCUT2D eigenvalue weighted by molar-refractivity contribution is 6.38. The third-order valence-corrected chi connectivity index (χ3v) is 4.18. The molecule has 0 saturated heterocycles.